The molecule has 3 aromatic rings. The number of aliphatic hydroxyl groups excluding tert-OH is 1. The van der Waals surface area contributed by atoms with Crippen molar-refractivity contribution in [1.29, 1.82) is 0 Å². The highest BCUT2D eigenvalue weighted by molar-refractivity contribution is 5.91. The number of hydrogen-bond acceptors (Lipinski definition) is 6. The van der Waals surface area contributed by atoms with Crippen LogP contribution in [-0.4, -0.2) is 37.4 Å². The second-order valence-corrected chi connectivity index (χ2v) is 7.53. The lowest BCUT2D eigenvalue weighted by Gasteiger charge is -2.26. The fraction of sp³-hybridized carbons (Fsp3) is 0.421. The molecule has 0 aliphatic heterocycles. The van der Waals surface area contributed by atoms with Crippen molar-refractivity contribution in [2.45, 2.75) is 38.3 Å². The number of fused-ring (bicyclic) bond motifs is 3. The normalized spacial score (nSPS) is 27.2. The zero-order chi connectivity index (χ0) is 17.7. The first-order valence-corrected chi connectivity index (χ1v) is 9.15. The summed E-state index contributed by atoms with van der Waals surface area (Å²) in [4.78, 5) is 9.29. The summed E-state index contributed by atoms with van der Waals surface area (Å²) in [6.45, 7) is 1.96. The Morgan fingerprint density at radius 1 is 1.15 bits per heavy atom. The fourth-order valence-electron chi connectivity index (χ4n) is 4.46. The van der Waals surface area contributed by atoms with Crippen LogP contribution >= 0.6 is 0 Å². The maximum Gasteiger partial charge on any atom is 0.153 e. The molecule has 2 bridgehead atoms. The number of rotatable bonds is 4. The minimum Gasteiger partial charge on any atom is -0.393 e. The van der Waals surface area contributed by atoms with E-state index in [0.29, 0.717) is 23.7 Å². The van der Waals surface area contributed by atoms with E-state index in [0.717, 1.165) is 47.5 Å². The van der Waals surface area contributed by atoms with Crippen LogP contribution in [-0.2, 0) is 0 Å². The number of aliphatic hydroxyl groups is 1. The Labute approximate surface area is 151 Å². The quantitative estimate of drug-likeness (QED) is 0.577. The Bertz CT molecular complexity index is 952. The first kappa shape index (κ1) is 15.6. The maximum absolute atomic E-state index is 10.0. The summed E-state index contributed by atoms with van der Waals surface area (Å²) in [6.07, 6.45) is 4.68. The lowest BCUT2D eigenvalue weighted by molar-refractivity contribution is 0.110. The molecule has 5 rings (SSSR count). The average molecular weight is 350 g/mol. The largest absolute Gasteiger partial charge is 0.393 e. The van der Waals surface area contributed by atoms with Crippen LogP contribution in [0.2, 0.25) is 0 Å². The topological polar surface area (TPSA) is 98.8 Å². The lowest BCUT2D eigenvalue weighted by atomic mass is 9.93. The van der Waals surface area contributed by atoms with Crippen LogP contribution in [0.3, 0.4) is 0 Å². The van der Waals surface area contributed by atoms with E-state index < -0.39 is 0 Å². The van der Waals surface area contributed by atoms with Gasteiger partial charge in [-0.2, -0.15) is 5.10 Å². The molecule has 3 heterocycles. The molecule has 0 radical (unpaired) electrons. The van der Waals surface area contributed by atoms with Crippen LogP contribution in [0, 0.1) is 18.8 Å². The van der Waals surface area contributed by atoms with Crippen LogP contribution in [0.5, 0.6) is 0 Å². The van der Waals surface area contributed by atoms with E-state index in [4.69, 9.17) is 4.98 Å². The van der Waals surface area contributed by atoms with Gasteiger partial charge in [-0.3, -0.25) is 10.1 Å². The van der Waals surface area contributed by atoms with Gasteiger partial charge in [-0.15, -0.1) is 0 Å². The monoisotopic (exact) mass is 350 g/mol. The van der Waals surface area contributed by atoms with Crippen LogP contribution < -0.4 is 10.6 Å². The molecule has 3 aromatic heterocycles. The van der Waals surface area contributed by atoms with Crippen LogP contribution in [0.1, 0.15) is 25.0 Å². The van der Waals surface area contributed by atoms with Crippen molar-refractivity contribution in [2.24, 2.45) is 11.8 Å². The first-order valence-electron chi connectivity index (χ1n) is 9.15. The summed E-state index contributed by atoms with van der Waals surface area (Å²) in [5, 5.41) is 25.1. The number of aromatic nitrogens is 4. The molecule has 4 N–H and O–H groups in total. The SMILES string of the molecule is Cc1cc(Nc2cc3ncccc3c(NC3CC4CC3CC4O)n2)n[nH]1. The van der Waals surface area contributed by atoms with Crippen molar-refractivity contribution in [3.05, 3.63) is 36.2 Å². The third-order valence-corrected chi connectivity index (χ3v) is 5.70. The molecule has 0 spiro atoms. The van der Waals surface area contributed by atoms with Gasteiger partial charge in [0.15, 0.2) is 5.82 Å². The zero-order valence-electron chi connectivity index (χ0n) is 14.6. The Kier molecular flexibility index (Phi) is 3.56. The highest BCUT2D eigenvalue weighted by Crippen LogP contribution is 2.46. The molecule has 0 saturated heterocycles. The second kappa shape index (κ2) is 5.95. The van der Waals surface area contributed by atoms with Gasteiger partial charge in [-0.1, -0.05) is 0 Å². The van der Waals surface area contributed by atoms with Crippen LogP contribution in [0.15, 0.2) is 30.5 Å². The van der Waals surface area contributed by atoms with Crippen LogP contribution in [0.4, 0.5) is 17.5 Å². The zero-order valence-corrected chi connectivity index (χ0v) is 14.6. The van der Waals surface area contributed by atoms with Gasteiger partial charge in [-0.05, 0) is 50.2 Å². The van der Waals surface area contributed by atoms with Crippen molar-refractivity contribution < 1.29 is 5.11 Å². The van der Waals surface area contributed by atoms with Gasteiger partial charge in [0.05, 0.1) is 11.6 Å². The molecule has 2 aliphatic carbocycles. The van der Waals surface area contributed by atoms with Crippen molar-refractivity contribution in [2.75, 3.05) is 10.6 Å². The Morgan fingerprint density at radius 2 is 2.08 bits per heavy atom. The average Bonchev–Trinajstić information content (AvgIpc) is 3.31. The van der Waals surface area contributed by atoms with E-state index in [-0.39, 0.29) is 6.10 Å². The summed E-state index contributed by atoms with van der Waals surface area (Å²) in [5.74, 6) is 3.24. The minimum atomic E-state index is -0.125. The summed E-state index contributed by atoms with van der Waals surface area (Å²) < 4.78 is 0. The molecule has 4 atom stereocenters. The highest BCUT2D eigenvalue weighted by atomic mass is 16.3. The summed E-state index contributed by atoms with van der Waals surface area (Å²) in [5.41, 5.74) is 1.88. The molecular weight excluding hydrogens is 328 g/mol. The Balaban J connectivity index is 1.47. The third-order valence-electron chi connectivity index (χ3n) is 5.70. The van der Waals surface area contributed by atoms with Gasteiger partial charge in [0.2, 0.25) is 0 Å². The Morgan fingerprint density at radius 3 is 2.81 bits per heavy atom. The van der Waals surface area contributed by atoms with Gasteiger partial charge < -0.3 is 15.7 Å². The van der Waals surface area contributed by atoms with Gasteiger partial charge in [-0.25, -0.2) is 4.98 Å². The molecule has 0 aromatic carbocycles. The predicted molar refractivity (Wildman–Crippen MR) is 100 cm³/mol. The van der Waals surface area contributed by atoms with Crippen molar-refractivity contribution in [3.63, 3.8) is 0 Å². The van der Waals surface area contributed by atoms with Crippen LogP contribution in [0.25, 0.3) is 10.9 Å². The summed E-state index contributed by atoms with van der Waals surface area (Å²) in [6, 6.07) is 8.22. The number of nitrogens with zero attached hydrogens (tertiary/aromatic N) is 3. The molecule has 2 aliphatic rings. The van der Waals surface area contributed by atoms with Gasteiger partial charge in [0, 0.05) is 35.5 Å². The molecule has 2 fully saturated rings. The third kappa shape index (κ3) is 2.68. The number of pyridine rings is 2. The van der Waals surface area contributed by atoms with E-state index in [1.165, 1.54) is 0 Å². The van der Waals surface area contributed by atoms with Gasteiger partial charge in [0.1, 0.15) is 11.6 Å². The lowest BCUT2D eigenvalue weighted by Crippen LogP contribution is -2.31. The number of anilines is 3. The molecule has 4 unspecified atom stereocenters. The molecule has 7 heteroatoms. The van der Waals surface area contributed by atoms with Crippen molar-refractivity contribution in [3.8, 4) is 0 Å². The fourth-order valence-corrected chi connectivity index (χ4v) is 4.46. The standard InChI is InChI=1S/C19H22N6O/c1-10-5-18(25-24-10)22-17-9-15-13(3-2-4-20-15)19(23-17)21-14-7-12-6-11(14)8-16(12)26/h2-5,9,11-12,14,16,26H,6-8H2,1H3,(H3,21,22,23,24,25). The van der Waals surface area contributed by atoms with E-state index >= 15 is 0 Å². The molecular formula is C19H22N6O. The molecule has 26 heavy (non-hydrogen) atoms. The highest BCUT2D eigenvalue weighted by Gasteiger charge is 2.45. The molecule has 0 amide bonds. The molecule has 7 nitrogen and oxygen atoms in total. The van der Waals surface area contributed by atoms with E-state index in [1.54, 1.807) is 6.20 Å². The van der Waals surface area contributed by atoms with E-state index in [9.17, 15) is 5.11 Å². The molecule has 134 valence electrons. The van der Waals surface area contributed by atoms with Crippen molar-refractivity contribution in [1.82, 2.24) is 20.2 Å². The molecule has 2 saturated carbocycles. The van der Waals surface area contributed by atoms with Gasteiger partial charge in [0.25, 0.3) is 0 Å². The summed E-state index contributed by atoms with van der Waals surface area (Å²) in [7, 11) is 0. The second-order valence-electron chi connectivity index (χ2n) is 7.53. The smallest absolute Gasteiger partial charge is 0.153 e. The maximum atomic E-state index is 10.0. The number of aryl methyl sites for hydroxylation is 1. The number of nitrogens with one attached hydrogen (secondary N) is 3. The predicted octanol–water partition coefficient (Wildman–Crippen LogP) is 2.98. The van der Waals surface area contributed by atoms with Gasteiger partial charge >= 0.3 is 0 Å². The van der Waals surface area contributed by atoms with Crippen molar-refractivity contribution >= 4 is 28.4 Å². The summed E-state index contributed by atoms with van der Waals surface area (Å²) >= 11 is 0. The van der Waals surface area contributed by atoms with E-state index in [1.807, 2.05) is 31.2 Å². The Hall–Kier alpha value is -2.67. The first-order chi connectivity index (χ1) is 12.7. The number of H-pyrrole nitrogens is 1. The van der Waals surface area contributed by atoms with E-state index in [2.05, 4.69) is 25.8 Å². The number of aromatic amines is 1. The minimum absolute atomic E-state index is 0.125. The number of hydrogen-bond donors (Lipinski definition) is 4.